The molecule has 1 heterocycles. The Morgan fingerprint density at radius 3 is 2.90 bits per heavy atom. The Morgan fingerprint density at radius 1 is 1.33 bits per heavy atom. The summed E-state index contributed by atoms with van der Waals surface area (Å²) in [6.45, 7) is 4.00. The molecule has 3 N–H and O–H groups in total. The first-order valence-corrected chi connectivity index (χ1v) is 7.58. The first-order chi connectivity index (χ1) is 10.1. The zero-order valence-corrected chi connectivity index (χ0v) is 13.1. The lowest BCUT2D eigenvalue weighted by Crippen LogP contribution is -2.27. The van der Waals surface area contributed by atoms with Gasteiger partial charge >= 0.3 is 0 Å². The van der Waals surface area contributed by atoms with Crippen LogP contribution in [0.3, 0.4) is 0 Å². The van der Waals surface area contributed by atoms with Crippen LogP contribution in [0, 0.1) is 6.92 Å². The molecule has 0 fully saturated rings. The van der Waals surface area contributed by atoms with E-state index in [1.165, 1.54) is 11.3 Å². The maximum absolute atomic E-state index is 12.1. The molecular weight excluding hydrogens is 288 g/mol. The fraction of sp³-hybridized carbons (Fsp3) is 0.400. The maximum atomic E-state index is 12.1. The summed E-state index contributed by atoms with van der Waals surface area (Å²) in [5.74, 6) is -0.151. The highest BCUT2D eigenvalue weighted by atomic mass is 32.1. The Bertz CT molecular complexity index is 625. The van der Waals surface area contributed by atoms with E-state index in [1.54, 1.807) is 7.11 Å². The van der Waals surface area contributed by atoms with Gasteiger partial charge in [0.15, 0.2) is 0 Å². The Kier molecular flexibility index (Phi) is 5.55. The highest BCUT2D eigenvalue weighted by molar-refractivity contribution is 7.21. The van der Waals surface area contributed by atoms with Gasteiger partial charge in [-0.3, -0.25) is 4.79 Å². The lowest BCUT2D eigenvalue weighted by molar-refractivity contribution is 0.0693. The normalized spacial score (nSPS) is 11.0. The van der Waals surface area contributed by atoms with Gasteiger partial charge in [-0.2, -0.15) is 0 Å². The van der Waals surface area contributed by atoms with Crippen LogP contribution >= 0.6 is 11.3 Å². The van der Waals surface area contributed by atoms with Crippen molar-refractivity contribution in [1.82, 2.24) is 5.32 Å². The topological polar surface area (TPSA) is 73.6 Å². The number of nitrogen functional groups attached to an aromatic ring is 1. The monoisotopic (exact) mass is 308 g/mol. The number of aryl methyl sites for hydroxylation is 1. The van der Waals surface area contributed by atoms with E-state index in [0.717, 1.165) is 15.6 Å². The van der Waals surface area contributed by atoms with Crippen molar-refractivity contribution >= 4 is 33.0 Å². The molecule has 0 aliphatic rings. The van der Waals surface area contributed by atoms with Crippen LogP contribution in [0.5, 0.6) is 0 Å². The molecule has 0 saturated carbocycles. The summed E-state index contributed by atoms with van der Waals surface area (Å²) in [6, 6.07) is 6.02. The molecule has 1 aromatic carbocycles. The van der Waals surface area contributed by atoms with Crippen molar-refractivity contribution in [3.05, 3.63) is 28.6 Å². The summed E-state index contributed by atoms with van der Waals surface area (Å²) in [5.41, 5.74) is 7.76. The fourth-order valence-corrected chi connectivity index (χ4v) is 2.98. The van der Waals surface area contributed by atoms with Crippen LogP contribution < -0.4 is 11.1 Å². The number of methoxy groups -OCH3 is 1. The first-order valence-electron chi connectivity index (χ1n) is 6.77. The molecule has 0 aliphatic heterocycles. The molecule has 114 valence electrons. The van der Waals surface area contributed by atoms with Gasteiger partial charge < -0.3 is 20.5 Å². The van der Waals surface area contributed by atoms with Gasteiger partial charge in [0.25, 0.3) is 5.91 Å². The van der Waals surface area contributed by atoms with Gasteiger partial charge in [-0.15, -0.1) is 11.3 Å². The van der Waals surface area contributed by atoms with Crippen molar-refractivity contribution in [1.29, 1.82) is 0 Å². The molecule has 5 nitrogen and oxygen atoms in total. The Hall–Kier alpha value is -1.63. The summed E-state index contributed by atoms with van der Waals surface area (Å²) >= 11 is 1.41. The molecule has 6 heteroatoms. The van der Waals surface area contributed by atoms with Gasteiger partial charge in [0.05, 0.1) is 25.5 Å². The van der Waals surface area contributed by atoms with E-state index in [9.17, 15) is 4.79 Å². The third kappa shape index (κ3) is 3.93. The van der Waals surface area contributed by atoms with Gasteiger partial charge in [-0.05, 0) is 19.1 Å². The minimum absolute atomic E-state index is 0.151. The van der Waals surface area contributed by atoms with Crippen LogP contribution in [0.2, 0.25) is 0 Å². The van der Waals surface area contributed by atoms with Crippen molar-refractivity contribution in [2.75, 3.05) is 39.2 Å². The fourth-order valence-electron chi connectivity index (χ4n) is 1.96. The Labute approximate surface area is 128 Å². The highest BCUT2D eigenvalue weighted by Gasteiger charge is 2.15. The van der Waals surface area contributed by atoms with Crippen LogP contribution in [0.25, 0.3) is 10.1 Å². The predicted molar refractivity (Wildman–Crippen MR) is 86.0 cm³/mol. The molecule has 0 aliphatic carbocycles. The minimum Gasteiger partial charge on any atom is -0.397 e. The highest BCUT2D eigenvalue weighted by Crippen LogP contribution is 2.34. The van der Waals surface area contributed by atoms with Crippen molar-refractivity contribution in [3.8, 4) is 0 Å². The summed E-state index contributed by atoms with van der Waals surface area (Å²) in [5, 5.41) is 3.76. The number of rotatable bonds is 7. The minimum atomic E-state index is -0.151. The number of carbonyl (C=O) groups is 1. The summed E-state index contributed by atoms with van der Waals surface area (Å²) in [6.07, 6.45) is 0. The van der Waals surface area contributed by atoms with E-state index in [1.807, 2.05) is 25.1 Å². The maximum Gasteiger partial charge on any atom is 0.263 e. The van der Waals surface area contributed by atoms with E-state index in [2.05, 4.69) is 5.32 Å². The number of benzene rings is 1. The Balaban J connectivity index is 1.95. The summed E-state index contributed by atoms with van der Waals surface area (Å²) in [7, 11) is 1.62. The molecule has 2 rings (SSSR count). The molecule has 0 bridgehead atoms. The largest absolute Gasteiger partial charge is 0.397 e. The number of nitrogens with one attached hydrogen (secondary N) is 1. The van der Waals surface area contributed by atoms with E-state index in [4.69, 9.17) is 15.2 Å². The number of nitrogens with two attached hydrogens (primary N) is 1. The number of amides is 1. The number of thiophene rings is 1. The summed E-state index contributed by atoms with van der Waals surface area (Å²) in [4.78, 5) is 12.7. The third-order valence-electron chi connectivity index (χ3n) is 3.05. The standard InChI is InChI=1S/C15H20N2O3S/c1-10-3-4-12-11(9-10)13(16)14(21-12)15(18)17-5-6-20-8-7-19-2/h3-4,9H,5-8,16H2,1-2H3,(H,17,18). The van der Waals surface area contributed by atoms with Gasteiger partial charge in [0, 0.05) is 23.7 Å². The number of fused-ring (bicyclic) bond motifs is 1. The molecule has 1 amide bonds. The van der Waals surface area contributed by atoms with Crippen LogP contribution in [0.15, 0.2) is 18.2 Å². The number of anilines is 1. The molecular formula is C15H20N2O3S. The van der Waals surface area contributed by atoms with Crippen molar-refractivity contribution < 1.29 is 14.3 Å². The molecule has 0 saturated heterocycles. The molecule has 0 atom stereocenters. The van der Waals surface area contributed by atoms with Gasteiger partial charge in [0.2, 0.25) is 0 Å². The zero-order valence-electron chi connectivity index (χ0n) is 12.3. The van der Waals surface area contributed by atoms with E-state index < -0.39 is 0 Å². The molecule has 0 radical (unpaired) electrons. The zero-order chi connectivity index (χ0) is 15.2. The molecule has 0 spiro atoms. The number of carbonyl (C=O) groups excluding carboxylic acids is 1. The SMILES string of the molecule is COCCOCCNC(=O)c1sc2ccc(C)cc2c1N. The van der Waals surface area contributed by atoms with Crippen LogP contribution in [-0.4, -0.2) is 39.4 Å². The van der Waals surface area contributed by atoms with Crippen molar-refractivity contribution in [3.63, 3.8) is 0 Å². The average Bonchev–Trinajstić information content (AvgIpc) is 2.79. The van der Waals surface area contributed by atoms with Gasteiger partial charge in [-0.25, -0.2) is 0 Å². The second-order valence-electron chi connectivity index (χ2n) is 4.71. The number of hydrogen-bond acceptors (Lipinski definition) is 5. The van der Waals surface area contributed by atoms with Gasteiger partial charge in [0.1, 0.15) is 4.88 Å². The van der Waals surface area contributed by atoms with E-state index in [0.29, 0.717) is 36.9 Å². The Morgan fingerprint density at radius 2 is 2.14 bits per heavy atom. The third-order valence-corrected chi connectivity index (χ3v) is 4.24. The molecule has 0 unspecified atom stereocenters. The second kappa shape index (κ2) is 7.40. The lowest BCUT2D eigenvalue weighted by atomic mass is 10.1. The molecule has 2 aromatic rings. The number of hydrogen-bond donors (Lipinski definition) is 2. The van der Waals surface area contributed by atoms with Crippen molar-refractivity contribution in [2.45, 2.75) is 6.92 Å². The van der Waals surface area contributed by atoms with E-state index >= 15 is 0 Å². The van der Waals surface area contributed by atoms with Crippen LogP contribution in [0.1, 0.15) is 15.2 Å². The lowest BCUT2D eigenvalue weighted by Gasteiger charge is -2.05. The summed E-state index contributed by atoms with van der Waals surface area (Å²) < 4.78 is 11.2. The quantitative estimate of drug-likeness (QED) is 0.769. The van der Waals surface area contributed by atoms with E-state index in [-0.39, 0.29) is 5.91 Å². The molecule has 21 heavy (non-hydrogen) atoms. The number of ether oxygens (including phenoxy) is 2. The first kappa shape index (κ1) is 15.8. The van der Waals surface area contributed by atoms with Gasteiger partial charge in [-0.1, -0.05) is 11.6 Å². The van der Waals surface area contributed by atoms with Crippen molar-refractivity contribution in [2.24, 2.45) is 0 Å². The second-order valence-corrected chi connectivity index (χ2v) is 5.76. The van der Waals surface area contributed by atoms with Crippen LogP contribution in [-0.2, 0) is 9.47 Å². The predicted octanol–water partition coefficient (Wildman–Crippen LogP) is 2.18. The van der Waals surface area contributed by atoms with Crippen LogP contribution in [0.4, 0.5) is 5.69 Å². The average molecular weight is 308 g/mol. The smallest absolute Gasteiger partial charge is 0.263 e. The molecule has 1 aromatic heterocycles.